The number of aryl methyl sites for hydroxylation is 1. The minimum atomic E-state index is -0.530. The van der Waals surface area contributed by atoms with Gasteiger partial charge in [0.25, 0.3) is 0 Å². The molecule has 0 amide bonds. The van der Waals surface area contributed by atoms with Crippen molar-refractivity contribution in [3.05, 3.63) is 58.7 Å². The van der Waals surface area contributed by atoms with Crippen molar-refractivity contribution >= 4 is 5.82 Å². The molecular weight excluding hydrogens is 388 g/mol. The fraction of sp³-hybridized carbons (Fsp3) is 0.350. The number of nitrogens with zero attached hydrogens (tertiary/aromatic N) is 6. The van der Waals surface area contributed by atoms with E-state index in [-0.39, 0.29) is 5.82 Å². The molecule has 0 spiro atoms. The van der Waals surface area contributed by atoms with Crippen LogP contribution in [0.1, 0.15) is 5.69 Å². The average Bonchev–Trinajstić information content (AvgIpc) is 3.24. The van der Waals surface area contributed by atoms with Gasteiger partial charge in [0.05, 0.1) is 31.6 Å². The Morgan fingerprint density at radius 2 is 2.07 bits per heavy atom. The van der Waals surface area contributed by atoms with E-state index in [4.69, 9.17) is 9.47 Å². The van der Waals surface area contributed by atoms with E-state index in [1.54, 1.807) is 31.5 Å². The molecule has 0 aliphatic carbocycles. The van der Waals surface area contributed by atoms with Crippen molar-refractivity contribution < 1.29 is 14.4 Å². The second kappa shape index (κ2) is 8.97. The molecule has 1 saturated heterocycles. The van der Waals surface area contributed by atoms with Crippen LogP contribution in [0.2, 0.25) is 0 Å². The Morgan fingerprint density at radius 3 is 2.83 bits per heavy atom. The molecule has 30 heavy (non-hydrogen) atoms. The number of aromatic nitrogens is 4. The molecule has 4 rings (SSSR count). The molecule has 0 bridgehead atoms. The van der Waals surface area contributed by atoms with Gasteiger partial charge in [0.2, 0.25) is 0 Å². The van der Waals surface area contributed by atoms with Crippen LogP contribution in [0.25, 0.3) is 11.3 Å². The van der Waals surface area contributed by atoms with Crippen molar-refractivity contribution in [1.29, 1.82) is 0 Å². The van der Waals surface area contributed by atoms with Crippen LogP contribution in [0.15, 0.2) is 42.9 Å². The zero-order valence-corrected chi connectivity index (χ0v) is 16.6. The first kappa shape index (κ1) is 19.9. The lowest BCUT2D eigenvalue weighted by Crippen LogP contribution is -2.38. The first-order valence-corrected chi connectivity index (χ1v) is 9.67. The predicted molar refractivity (Wildman–Crippen MR) is 108 cm³/mol. The maximum absolute atomic E-state index is 10.8. The number of rotatable bonds is 7. The highest BCUT2D eigenvalue weighted by molar-refractivity contribution is 5.59. The predicted octanol–water partition coefficient (Wildman–Crippen LogP) is 2.68. The maximum atomic E-state index is 10.8. The van der Waals surface area contributed by atoms with Crippen LogP contribution in [0.5, 0.6) is 11.5 Å². The topological polar surface area (TPSA) is 108 Å². The smallest absolute Gasteiger partial charge is 0.363 e. The second-order valence-electron chi connectivity index (χ2n) is 6.94. The second-order valence-corrected chi connectivity index (χ2v) is 6.94. The van der Waals surface area contributed by atoms with E-state index in [0.29, 0.717) is 17.2 Å². The van der Waals surface area contributed by atoms with Gasteiger partial charge in [-0.25, -0.2) is 0 Å². The third-order valence-corrected chi connectivity index (χ3v) is 4.85. The molecule has 1 aliphatic heterocycles. The summed E-state index contributed by atoms with van der Waals surface area (Å²) >= 11 is 0. The summed E-state index contributed by atoms with van der Waals surface area (Å²) in [5.41, 5.74) is 2.07. The molecule has 3 aromatic heterocycles. The first-order chi connectivity index (χ1) is 14.6. The summed E-state index contributed by atoms with van der Waals surface area (Å²) in [7, 11) is 0. The number of pyridine rings is 2. The highest BCUT2D eigenvalue weighted by Crippen LogP contribution is 2.28. The van der Waals surface area contributed by atoms with Crippen LogP contribution in [0.3, 0.4) is 0 Å². The molecule has 3 aromatic rings. The number of hydrogen-bond donors (Lipinski definition) is 0. The molecule has 0 saturated carbocycles. The first-order valence-electron chi connectivity index (χ1n) is 9.67. The number of morpholine rings is 1. The molecule has 0 radical (unpaired) electrons. The Hall–Kier alpha value is -3.37. The van der Waals surface area contributed by atoms with Crippen LogP contribution in [-0.4, -0.2) is 62.4 Å². The van der Waals surface area contributed by atoms with Crippen molar-refractivity contribution in [2.75, 3.05) is 32.8 Å². The van der Waals surface area contributed by atoms with E-state index < -0.39 is 4.92 Å². The van der Waals surface area contributed by atoms with Crippen LogP contribution in [0.4, 0.5) is 5.82 Å². The van der Waals surface area contributed by atoms with Gasteiger partial charge in [0.15, 0.2) is 11.4 Å². The van der Waals surface area contributed by atoms with Gasteiger partial charge in [0, 0.05) is 56.6 Å². The van der Waals surface area contributed by atoms with Crippen molar-refractivity contribution in [2.24, 2.45) is 0 Å². The standard InChI is InChI=1S/C20H22N6O4/c1-15-19(2-3-20(23-15)26(27)28)30-17-4-5-21-18(12-17)16-13-22-25(14-16)7-6-24-8-10-29-11-9-24/h2-5,12-14H,6-11H2,1H3. The van der Waals surface area contributed by atoms with E-state index in [1.165, 1.54) is 6.07 Å². The molecule has 0 atom stereocenters. The largest absolute Gasteiger partial charge is 0.453 e. The number of nitro groups is 1. The van der Waals surface area contributed by atoms with Gasteiger partial charge in [-0.05, 0) is 22.0 Å². The quantitative estimate of drug-likeness (QED) is 0.432. The van der Waals surface area contributed by atoms with Gasteiger partial charge in [-0.3, -0.25) is 14.6 Å². The summed E-state index contributed by atoms with van der Waals surface area (Å²) < 4.78 is 13.1. The Labute approximate surface area is 173 Å². The van der Waals surface area contributed by atoms with E-state index >= 15 is 0 Å². The summed E-state index contributed by atoms with van der Waals surface area (Å²) in [6, 6.07) is 6.41. The van der Waals surface area contributed by atoms with Crippen molar-refractivity contribution in [3.8, 4) is 22.8 Å². The molecular formula is C20H22N6O4. The van der Waals surface area contributed by atoms with E-state index in [9.17, 15) is 10.1 Å². The third-order valence-electron chi connectivity index (χ3n) is 4.85. The van der Waals surface area contributed by atoms with Crippen LogP contribution >= 0.6 is 0 Å². The van der Waals surface area contributed by atoms with Gasteiger partial charge >= 0.3 is 5.82 Å². The zero-order valence-electron chi connectivity index (χ0n) is 16.6. The molecule has 1 fully saturated rings. The lowest BCUT2D eigenvalue weighted by molar-refractivity contribution is -0.389. The summed E-state index contributed by atoms with van der Waals surface area (Å²) in [5, 5.41) is 15.3. The maximum Gasteiger partial charge on any atom is 0.363 e. The number of ether oxygens (including phenoxy) is 2. The highest BCUT2D eigenvalue weighted by Gasteiger charge is 2.14. The fourth-order valence-electron chi connectivity index (χ4n) is 3.19. The minimum absolute atomic E-state index is 0.209. The van der Waals surface area contributed by atoms with Gasteiger partial charge in [0.1, 0.15) is 5.75 Å². The monoisotopic (exact) mass is 410 g/mol. The van der Waals surface area contributed by atoms with Gasteiger partial charge < -0.3 is 19.6 Å². The molecule has 0 unspecified atom stereocenters. The molecule has 0 aromatic carbocycles. The van der Waals surface area contributed by atoms with Crippen LogP contribution in [0, 0.1) is 17.0 Å². The summed E-state index contributed by atoms with van der Waals surface area (Å²) in [4.78, 5) is 21.0. The molecule has 10 heteroatoms. The molecule has 1 aliphatic rings. The summed E-state index contributed by atoms with van der Waals surface area (Å²) in [5.74, 6) is 0.818. The number of hydrogen-bond acceptors (Lipinski definition) is 8. The van der Waals surface area contributed by atoms with E-state index in [2.05, 4.69) is 20.0 Å². The molecule has 0 N–H and O–H groups in total. The lowest BCUT2D eigenvalue weighted by atomic mass is 10.2. The van der Waals surface area contributed by atoms with Crippen molar-refractivity contribution in [2.45, 2.75) is 13.5 Å². The van der Waals surface area contributed by atoms with Crippen molar-refractivity contribution in [3.63, 3.8) is 0 Å². The Morgan fingerprint density at radius 1 is 1.23 bits per heavy atom. The zero-order chi connectivity index (χ0) is 20.9. The minimum Gasteiger partial charge on any atom is -0.453 e. The fourth-order valence-corrected chi connectivity index (χ4v) is 3.19. The van der Waals surface area contributed by atoms with Gasteiger partial charge in [-0.15, -0.1) is 0 Å². The summed E-state index contributed by atoms with van der Waals surface area (Å²) in [6.07, 6.45) is 5.40. The molecule has 10 nitrogen and oxygen atoms in total. The molecule has 4 heterocycles. The summed E-state index contributed by atoms with van der Waals surface area (Å²) in [6.45, 7) is 6.86. The van der Waals surface area contributed by atoms with Crippen LogP contribution < -0.4 is 4.74 Å². The van der Waals surface area contributed by atoms with Gasteiger partial charge in [-0.2, -0.15) is 5.10 Å². The van der Waals surface area contributed by atoms with Gasteiger partial charge in [-0.1, -0.05) is 0 Å². The average molecular weight is 410 g/mol. The normalized spacial score (nSPS) is 14.6. The SMILES string of the molecule is Cc1nc([N+](=O)[O-])ccc1Oc1ccnc(-c2cnn(CCN3CCOCC3)c2)c1. The highest BCUT2D eigenvalue weighted by atomic mass is 16.6. The third kappa shape index (κ3) is 4.78. The Kier molecular flexibility index (Phi) is 5.96. The lowest BCUT2D eigenvalue weighted by Gasteiger charge is -2.26. The molecule has 156 valence electrons. The van der Waals surface area contributed by atoms with Crippen LogP contribution in [-0.2, 0) is 11.3 Å². The van der Waals surface area contributed by atoms with E-state index in [0.717, 1.165) is 50.7 Å². The Balaban J connectivity index is 1.43. The van der Waals surface area contributed by atoms with Crippen molar-refractivity contribution in [1.82, 2.24) is 24.6 Å². The Bertz CT molecular complexity index is 1030. The van der Waals surface area contributed by atoms with E-state index in [1.807, 2.05) is 16.9 Å².